The average molecular weight is 875 g/mol. The number of carbonyl (C=O) groups excluding carboxylic acids is 3. The standard InChI is InChI=1S/C57H94O6/c1-4-7-10-13-15-17-19-21-23-25-27-28-30-31-33-35-37-39-41-44-47-50-56(59)62-53-54(52-61-55(58)49-46-43-12-9-6-3)63-57(60)51-48-45-42-40-38-36-34-32-29-26-24-22-20-18-16-14-11-8-5-2/h8,11,16,18-19,21-22,24-25,27,29,32,36,38,42,45,54H,4-7,9-10,12-15,17,20,23,26,28,30-31,33-35,37,39-41,43-44,46-53H2,1-3H3/b11-8-,18-16-,21-19-,24-22-,27-25-,32-29-,38-36-,45-42-. The van der Waals surface area contributed by atoms with Gasteiger partial charge in [-0.25, -0.2) is 0 Å². The molecule has 0 bridgehead atoms. The lowest BCUT2D eigenvalue weighted by molar-refractivity contribution is -0.166. The smallest absolute Gasteiger partial charge is 0.306 e. The monoisotopic (exact) mass is 875 g/mol. The lowest BCUT2D eigenvalue weighted by Gasteiger charge is -2.18. The van der Waals surface area contributed by atoms with Gasteiger partial charge in [-0.3, -0.25) is 14.4 Å². The van der Waals surface area contributed by atoms with Gasteiger partial charge in [0.2, 0.25) is 0 Å². The van der Waals surface area contributed by atoms with Crippen molar-refractivity contribution >= 4 is 17.9 Å². The van der Waals surface area contributed by atoms with E-state index >= 15 is 0 Å². The molecule has 0 amide bonds. The molecular weight excluding hydrogens is 781 g/mol. The second-order valence-corrected chi connectivity index (χ2v) is 16.7. The highest BCUT2D eigenvalue weighted by molar-refractivity contribution is 5.71. The molecule has 0 aromatic carbocycles. The molecule has 0 aliphatic carbocycles. The molecule has 1 atom stereocenters. The minimum Gasteiger partial charge on any atom is -0.462 e. The largest absolute Gasteiger partial charge is 0.462 e. The molecular formula is C57H94O6. The summed E-state index contributed by atoms with van der Waals surface area (Å²) in [5.74, 6) is -1.02. The van der Waals surface area contributed by atoms with E-state index in [-0.39, 0.29) is 31.6 Å². The summed E-state index contributed by atoms with van der Waals surface area (Å²) in [6.07, 6.45) is 67.3. The molecule has 6 nitrogen and oxygen atoms in total. The molecule has 1 unspecified atom stereocenters. The Bertz CT molecular complexity index is 1280. The summed E-state index contributed by atoms with van der Waals surface area (Å²) in [5, 5.41) is 0. The molecule has 6 heteroatoms. The van der Waals surface area contributed by atoms with Crippen LogP contribution in [0.1, 0.15) is 226 Å². The Morgan fingerprint density at radius 1 is 0.333 bits per heavy atom. The first-order chi connectivity index (χ1) is 31.0. The minimum absolute atomic E-state index is 0.111. The fraction of sp³-hybridized carbons (Fsp3) is 0.667. The van der Waals surface area contributed by atoms with Crippen molar-refractivity contribution in [3.63, 3.8) is 0 Å². The summed E-state index contributed by atoms with van der Waals surface area (Å²) in [7, 11) is 0. The van der Waals surface area contributed by atoms with Crippen molar-refractivity contribution in [3.8, 4) is 0 Å². The molecule has 0 saturated heterocycles. The van der Waals surface area contributed by atoms with Crippen LogP contribution in [0.2, 0.25) is 0 Å². The second-order valence-electron chi connectivity index (χ2n) is 16.7. The number of hydrogen-bond acceptors (Lipinski definition) is 6. The summed E-state index contributed by atoms with van der Waals surface area (Å²) in [4.78, 5) is 37.6. The Hall–Kier alpha value is -3.67. The molecule has 0 spiro atoms. The molecule has 358 valence electrons. The van der Waals surface area contributed by atoms with Crippen LogP contribution in [0.15, 0.2) is 97.2 Å². The first-order valence-corrected chi connectivity index (χ1v) is 25.7. The molecule has 0 N–H and O–H groups in total. The maximum Gasteiger partial charge on any atom is 0.306 e. The number of rotatable bonds is 45. The van der Waals surface area contributed by atoms with E-state index in [9.17, 15) is 14.4 Å². The van der Waals surface area contributed by atoms with Crippen LogP contribution in [0, 0.1) is 0 Å². The summed E-state index contributed by atoms with van der Waals surface area (Å²) >= 11 is 0. The Morgan fingerprint density at radius 3 is 1.03 bits per heavy atom. The van der Waals surface area contributed by atoms with Gasteiger partial charge in [-0.1, -0.05) is 214 Å². The zero-order chi connectivity index (χ0) is 45.8. The third-order valence-electron chi connectivity index (χ3n) is 10.6. The van der Waals surface area contributed by atoms with Gasteiger partial charge in [-0.2, -0.15) is 0 Å². The number of carbonyl (C=O) groups is 3. The molecule has 63 heavy (non-hydrogen) atoms. The highest BCUT2D eigenvalue weighted by atomic mass is 16.6. The number of ether oxygens (including phenoxy) is 3. The highest BCUT2D eigenvalue weighted by Crippen LogP contribution is 2.13. The average Bonchev–Trinajstić information content (AvgIpc) is 3.28. The predicted octanol–water partition coefficient (Wildman–Crippen LogP) is 17.0. The van der Waals surface area contributed by atoms with Crippen LogP contribution in [-0.2, 0) is 28.6 Å². The summed E-state index contributed by atoms with van der Waals surface area (Å²) in [5.41, 5.74) is 0. The van der Waals surface area contributed by atoms with Crippen LogP contribution in [0.3, 0.4) is 0 Å². The van der Waals surface area contributed by atoms with Gasteiger partial charge in [0, 0.05) is 19.3 Å². The summed E-state index contributed by atoms with van der Waals surface area (Å²) in [6.45, 7) is 6.35. The fourth-order valence-corrected chi connectivity index (χ4v) is 6.73. The Labute approximate surface area is 387 Å². The van der Waals surface area contributed by atoms with Crippen molar-refractivity contribution in [1.29, 1.82) is 0 Å². The first-order valence-electron chi connectivity index (χ1n) is 25.7. The van der Waals surface area contributed by atoms with Crippen molar-refractivity contribution in [2.75, 3.05) is 13.2 Å². The molecule has 0 aliphatic rings. The normalized spacial score (nSPS) is 12.9. The lowest BCUT2D eigenvalue weighted by atomic mass is 10.1. The lowest BCUT2D eigenvalue weighted by Crippen LogP contribution is -2.30. The van der Waals surface area contributed by atoms with E-state index in [1.54, 1.807) is 0 Å². The van der Waals surface area contributed by atoms with Crippen LogP contribution in [0.25, 0.3) is 0 Å². The van der Waals surface area contributed by atoms with Gasteiger partial charge in [0.15, 0.2) is 6.10 Å². The first kappa shape index (κ1) is 59.3. The van der Waals surface area contributed by atoms with E-state index in [2.05, 4.69) is 106 Å². The van der Waals surface area contributed by atoms with Crippen LogP contribution < -0.4 is 0 Å². The molecule has 0 saturated carbocycles. The van der Waals surface area contributed by atoms with Gasteiger partial charge in [-0.15, -0.1) is 0 Å². The third kappa shape index (κ3) is 49.2. The van der Waals surface area contributed by atoms with E-state index in [1.807, 2.05) is 12.2 Å². The Morgan fingerprint density at radius 2 is 0.651 bits per heavy atom. The molecule has 0 fully saturated rings. The van der Waals surface area contributed by atoms with Gasteiger partial charge in [0.1, 0.15) is 13.2 Å². The van der Waals surface area contributed by atoms with Crippen LogP contribution >= 0.6 is 0 Å². The van der Waals surface area contributed by atoms with Crippen LogP contribution in [0.5, 0.6) is 0 Å². The topological polar surface area (TPSA) is 78.9 Å². The number of esters is 3. The quantitative estimate of drug-likeness (QED) is 0.0262. The van der Waals surface area contributed by atoms with Crippen molar-refractivity contribution in [2.24, 2.45) is 0 Å². The van der Waals surface area contributed by atoms with E-state index in [0.29, 0.717) is 19.3 Å². The SMILES string of the molecule is CC/C=C\C/C=C\C/C=C\C/C=C\C/C=C\C/C=C\CCC(=O)OC(COC(=O)CCCCCCC)COC(=O)CCCCCCCCCCC/C=C\C/C=C\CCCCCCC. The maximum atomic E-state index is 12.7. The fourth-order valence-electron chi connectivity index (χ4n) is 6.73. The second kappa shape index (κ2) is 51.0. The van der Waals surface area contributed by atoms with E-state index in [1.165, 1.54) is 83.5 Å². The summed E-state index contributed by atoms with van der Waals surface area (Å²) in [6, 6.07) is 0. The van der Waals surface area contributed by atoms with Crippen molar-refractivity contribution < 1.29 is 28.6 Å². The molecule has 0 aromatic rings. The van der Waals surface area contributed by atoms with Crippen molar-refractivity contribution in [3.05, 3.63) is 97.2 Å². The molecule has 0 aromatic heterocycles. The number of hydrogen-bond donors (Lipinski definition) is 0. The van der Waals surface area contributed by atoms with Gasteiger partial charge >= 0.3 is 17.9 Å². The summed E-state index contributed by atoms with van der Waals surface area (Å²) < 4.78 is 16.6. The number of unbranched alkanes of at least 4 members (excludes halogenated alkanes) is 18. The van der Waals surface area contributed by atoms with Crippen molar-refractivity contribution in [2.45, 2.75) is 232 Å². The van der Waals surface area contributed by atoms with Gasteiger partial charge in [0.25, 0.3) is 0 Å². The number of allylic oxidation sites excluding steroid dienone is 16. The zero-order valence-corrected chi connectivity index (χ0v) is 40.8. The molecule has 0 aliphatic heterocycles. The van der Waals surface area contributed by atoms with E-state index in [0.717, 1.165) is 96.3 Å². The van der Waals surface area contributed by atoms with Gasteiger partial charge < -0.3 is 14.2 Å². The Kier molecular flexibility index (Phi) is 48.0. The zero-order valence-electron chi connectivity index (χ0n) is 40.8. The van der Waals surface area contributed by atoms with E-state index < -0.39 is 12.1 Å². The minimum atomic E-state index is -0.816. The van der Waals surface area contributed by atoms with Crippen molar-refractivity contribution in [1.82, 2.24) is 0 Å². The molecule has 0 rings (SSSR count). The van der Waals surface area contributed by atoms with Gasteiger partial charge in [0.05, 0.1) is 0 Å². The third-order valence-corrected chi connectivity index (χ3v) is 10.6. The van der Waals surface area contributed by atoms with Crippen LogP contribution in [-0.4, -0.2) is 37.2 Å². The van der Waals surface area contributed by atoms with E-state index in [4.69, 9.17) is 14.2 Å². The van der Waals surface area contributed by atoms with Gasteiger partial charge in [-0.05, 0) is 89.9 Å². The Balaban J connectivity index is 4.29. The predicted molar refractivity (Wildman–Crippen MR) is 270 cm³/mol. The molecule has 0 heterocycles. The highest BCUT2D eigenvalue weighted by Gasteiger charge is 2.19. The maximum absolute atomic E-state index is 12.7. The molecule has 0 radical (unpaired) electrons. The van der Waals surface area contributed by atoms with Crippen LogP contribution in [0.4, 0.5) is 0 Å².